The second-order valence-corrected chi connectivity index (χ2v) is 4.83. The Labute approximate surface area is 102 Å². The minimum absolute atomic E-state index is 1.10. The fraction of sp³-hybridized carbons (Fsp3) is 0.400. The molecule has 0 N–H and O–H groups in total. The largest absolute Gasteiger partial charge is 0.371 e. The van der Waals surface area contributed by atoms with Crippen molar-refractivity contribution >= 4 is 16.6 Å². The van der Waals surface area contributed by atoms with Crippen LogP contribution >= 0.6 is 0 Å². The van der Waals surface area contributed by atoms with E-state index in [9.17, 15) is 0 Å². The number of rotatable bonds is 1. The molecule has 0 unspecified atom stereocenters. The van der Waals surface area contributed by atoms with Crippen molar-refractivity contribution in [1.29, 1.82) is 0 Å². The van der Waals surface area contributed by atoms with Gasteiger partial charge in [0.2, 0.25) is 0 Å². The normalized spacial score (nSPS) is 16.4. The molecule has 0 saturated carbocycles. The van der Waals surface area contributed by atoms with Gasteiger partial charge in [0, 0.05) is 30.4 Å². The van der Waals surface area contributed by atoms with Gasteiger partial charge in [0.1, 0.15) is 0 Å². The molecule has 0 atom stereocenters. The molecule has 17 heavy (non-hydrogen) atoms. The van der Waals surface area contributed by atoms with E-state index in [-0.39, 0.29) is 0 Å². The Morgan fingerprint density at radius 1 is 1.06 bits per heavy atom. The minimum Gasteiger partial charge on any atom is -0.371 e. The van der Waals surface area contributed by atoms with Gasteiger partial charge in [-0.15, -0.1) is 0 Å². The van der Waals surface area contributed by atoms with E-state index in [1.54, 1.807) is 0 Å². The highest BCUT2D eigenvalue weighted by molar-refractivity contribution is 5.87. The van der Waals surface area contributed by atoms with Crippen LogP contribution in [0.25, 0.3) is 10.9 Å². The highest BCUT2D eigenvalue weighted by Gasteiger charge is 2.14. The van der Waals surface area contributed by atoms with Gasteiger partial charge in [0.05, 0.1) is 5.52 Å². The molecule has 1 aromatic carbocycles. The van der Waals surface area contributed by atoms with E-state index in [1.165, 1.54) is 49.0 Å². The van der Waals surface area contributed by atoms with E-state index >= 15 is 0 Å². The van der Waals surface area contributed by atoms with Crippen molar-refractivity contribution in [2.75, 3.05) is 18.0 Å². The van der Waals surface area contributed by atoms with Crippen molar-refractivity contribution in [3.63, 3.8) is 0 Å². The molecule has 0 amide bonds. The summed E-state index contributed by atoms with van der Waals surface area (Å²) in [5.74, 6) is 0. The zero-order valence-electron chi connectivity index (χ0n) is 10.3. The lowest BCUT2D eigenvalue weighted by atomic mass is 10.0. The van der Waals surface area contributed by atoms with Gasteiger partial charge in [-0.05, 0) is 49.9 Å². The highest BCUT2D eigenvalue weighted by atomic mass is 15.1. The fourth-order valence-corrected chi connectivity index (χ4v) is 2.77. The van der Waals surface area contributed by atoms with Crippen LogP contribution in [0.15, 0.2) is 30.5 Å². The number of aromatic nitrogens is 1. The number of hydrogen-bond acceptors (Lipinski definition) is 2. The number of pyridine rings is 1. The molecule has 1 aromatic heterocycles. The van der Waals surface area contributed by atoms with Crippen LogP contribution in [-0.2, 0) is 0 Å². The van der Waals surface area contributed by atoms with Crippen LogP contribution in [0, 0.1) is 6.92 Å². The quantitative estimate of drug-likeness (QED) is 0.739. The van der Waals surface area contributed by atoms with E-state index in [1.807, 2.05) is 12.3 Å². The van der Waals surface area contributed by atoms with Gasteiger partial charge in [0.15, 0.2) is 0 Å². The number of aryl methyl sites for hydroxylation is 1. The average molecular weight is 226 g/mol. The molecule has 3 rings (SSSR count). The Hall–Kier alpha value is -1.57. The lowest BCUT2D eigenvalue weighted by Gasteiger charge is -2.30. The molecule has 1 fully saturated rings. The second-order valence-electron chi connectivity index (χ2n) is 4.83. The molecule has 0 spiro atoms. The standard InChI is InChI=1S/C15H18N2/c1-12-13-6-5-9-16-14(13)7-8-15(12)17-10-3-2-4-11-17/h5-9H,2-4,10-11H2,1H3. The van der Waals surface area contributed by atoms with Crippen LogP contribution in [0.2, 0.25) is 0 Å². The maximum absolute atomic E-state index is 4.41. The first kappa shape index (κ1) is 10.6. The Bertz CT molecular complexity index is 527. The zero-order chi connectivity index (χ0) is 11.7. The van der Waals surface area contributed by atoms with Gasteiger partial charge in [-0.1, -0.05) is 6.07 Å². The molecule has 2 heteroatoms. The highest BCUT2D eigenvalue weighted by Crippen LogP contribution is 2.28. The monoisotopic (exact) mass is 226 g/mol. The van der Waals surface area contributed by atoms with Crippen molar-refractivity contribution in [1.82, 2.24) is 4.98 Å². The third-order valence-electron chi connectivity index (χ3n) is 3.72. The van der Waals surface area contributed by atoms with Crippen LogP contribution in [0.4, 0.5) is 5.69 Å². The molecular weight excluding hydrogens is 208 g/mol. The molecule has 1 saturated heterocycles. The number of hydrogen-bond donors (Lipinski definition) is 0. The lowest BCUT2D eigenvalue weighted by molar-refractivity contribution is 0.577. The van der Waals surface area contributed by atoms with E-state index in [2.05, 4.69) is 35.0 Å². The lowest BCUT2D eigenvalue weighted by Crippen LogP contribution is -2.29. The molecule has 2 nitrogen and oxygen atoms in total. The SMILES string of the molecule is Cc1c(N2CCCCC2)ccc2ncccc12. The van der Waals surface area contributed by atoms with Crippen molar-refractivity contribution < 1.29 is 0 Å². The first-order valence-electron chi connectivity index (χ1n) is 6.45. The van der Waals surface area contributed by atoms with Crippen LogP contribution in [-0.4, -0.2) is 18.1 Å². The molecule has 0 bridgehead atoms. The second kappa shape index (κ2) is 4.36. The topological polar surface area (TPSA) is 16.1 Å². The zero-order valence-corrected chi connectivity index (χ0v) is 10.3. The number of piperidine rings is 1. The van der Waals surface area contributed by atoms with Gasteiger partial charge in [-0.3, -0.25) is 4.98 Å². The Balaban J connectivity index is 2.07. The molecule has 88 valence electrons. The summed E-state index contributed by atoms with van der Waals surface area (Å²) in [6.07, 6.45) is 5.89. The first-order chi connectivity index (χ1) is 8.36. The summed E-state index contributed by atoms with van der Waals surface area (Å²) in [7, 11) is 0. The van der Waals surface area contributed by atoms with Crippen LogP contribution in [0.5, 0.6) is 0 Å². The molecule has 0 aliphatic carbocycles. The third-order valence-corrected chi connectivity index (χ3v) is 3.72. The predicted molar refractivity (Wildman–Crippen MR) is 72.5 cm³/mol. The summed E-state index contributed by atoms with van der Waals surface area (Å²) >= 11 is 0. The molecule has 1 aliphatic heterocycles. The minimum atomic E-state index is 1.10. The number of anilines is 1. The van der Waals surface area contributed by atoms with E-state index in [0.717, 1.165) is 5.52 Å². The van der Waals surface area contributed by atoms with Crippen LogP contribution in [0.3, 0.4) is 0 Å². The fourth-order valence-electron chi connectivity index (χ4n) is 2.77. The number of nitrogens with zero attached hydrogens (tertiary/aromatic N) is 2. The summed E-state index contributed by atoms with van der Waals surface area (Å²) < 4.78 is 0. The number of benzene rings is 1. The van der Waals surface area contributed by atoms with E-state index in [4.69, 9.17) is 0 Å². The molecule has 2 aromatic rings. The van der Waals surface area contributed by atoms with E-state index in [0.29, 0.717) is 0 Å². The van der Waals surface area contributed by atoms with Crippen molar-refractivity contribution in [3.05, 3.63) is 36.0 Å². The Morgan fingerprint density at radius 2 is 1.88 bits per heavy atom. The molecule has 0 radical (unpaired) electrons. The average Bonchev–Trinajstić information content (AvgIpc) is 2.40. The Kier molecular flexibility index (Phi) is 2.71. The van der Waals surface area contributed by atoms with Crippen LogP contribution in [0.1, 0.15) is 24.8 Å². The summed E-state index contributed by atoms with van der Waals surface area (Å²) in [4.78, 5) is 6.93. The van der Waals surface area contributed by atoms with Gasteiger partial charge in [0.25, 0.3) is 0 Å². The third kappa shape index (κ3) is 1.88. The van der Waals surface area contributed by atoms with Crippen molar-refractivity contribution in [3.8, 4) is 0 Å². The molecule has 2 heterocycles. The van der Waals surface area contributed by atoms with Gasteiger partial charge in [-0.25, -0.2) is 0 Å². The predicted octanol–water partition coefficient (Wildman–Crippen LogP) is 3.53. The summed E-state index contributed by atoms with van der Waals surface area (Å²) in [6, 6.07) is 8.57. The summed E-state index contributed by atoms with van der Waals surface area (Å²) in [6.45, 7) is 4.62. The smallest absolute Gasteiger partial charge is 0.0706 e. The summed E-state index contributed by atoms with van der Waals surface area (Å²) in [5.41, 5.74) is 3.87. The van der Waals surface area contributed by atoms with Crippen LogP contribution < -0.4 is 4.90 Å². The first-order valence-corrected chi connectivity index (χ1v) is 6.45. The Morgan fingerprint density at radius 3 is 2.71 bits per heavy atom. The van der Waals surface area contributed by atoms with E-state index < -0.39 is 0 Å². The maximum atomic E-state index is 4.41. The molecular formula is C15H18N2. The molecule has 1 aliphatic rings. The number of fused-ring (bicyclic) bond motifs is 1. The van der Waals surface area contributed by atoms with Gasteiger partial charge < -0.3 is 4.90 Å². The van der Waals surface area contributed by atoms with Crippen molar-refractivity contribution in [2.45, 2.75) is 26.2 Å². The summed E-state index contributed by atoms with van der Waals surface area (Å²) in [5, 5.41) is 1.29. The van der Waals surface area contributed by atoms with Gasteiger partial charge in [-0.2, -0.15) is 0 Å². The van der Waals surface area contributed by atoms with Gasteiger partial charge >= 0.3 is 0 Å². The maximum Gasteiger partial charge on any atom is 0.0706 e. The van der Waals surface area contributed by atoms with Crippen molar-refractivity contribution in [2.24, 2.45) is 0 Å².